The van der Waals surface area contributed by atoms with E-state index < -0.39 is 0 Å². The van der Waals surface area contributed by atoms with E-state index in [1.54, 1.807) is 48.5 Å². The molecule has 7 heteroatoms. The second-order valence-corrected chi connectivity index (χ2v) is 8.08. The lowest BCUT2D eigenvalue weighted by molar-refractivity contribution is 0.0948. The summed E-state index contributed by atoms with van der Waals surface area (Å²) in [4.78, 5) is 40.4. The van der Waals surface area contributed by atoms with Crippen LogP contribution in [-0.2, 0) is 0 Å². The number of fused-ring (bicyclic) bond motifs is 1. The van der Waals surface area contributed by atoms with Crippen molar-refractivity contribution in [2.45, 2.75) is 40.2 Å². The van der Waals surface area contributed by atoms with Crippen molar-refractivity contribution in [2.24, 2.45) is 0 Å². The van der Waals surface area contributed by atoms with Crippen LogP contribution in [-0.4, -0.2) is 41.6 Å². The molecule has 2 aromatic rings. The van der Waals surface area contributed by atoms with Crippen LogP contribution in [0.25, 0.3) is 0 Å². The SMILES string of the molecule is C.CC(C)NC(=O)Nc1ccc(NC2=C(N3CCCC3)C(=O)c3ccccc3C2=O)cc1. The molecule has 2 aromatic carbocycles. The van der Waals surface area contributed by atoms with Gasteiger partial charge in [-0.1, -0.05) is 31.7 Å². The summed E-state index contributed by atoms with van der Waals surface area (Å²) in [6.45, 7) is 5.29. The van der Waals surface area contributed by atoms with Crippen molar-refractivity contribution in [2.75, 3.05) is 23.7 Å². The van der Waals surface area contributed by atoms with Crippen molar-refractivity contribution in [3.63, 3.8) is 0 Å². The maximum atomic E-state index is 13.3. The van der Waals surface area contributed by atoms with Crippen LogP contribution < -0.4 is 16.0 Å². The molecule has 0 aromatic heterocycles. The lowest BCUT2D eigenvalue weighted by atomic mass is 9.89. The first kappa shape index (κ1) is 23.1. The molecule has 1 fully saturated rings. The molecular weight excluding hydrogens is 404 g/mol. The van der Waals surface area contributed by atoms with Crippen LogP contribution in [0.1, 0.15) is 54.8 Å². The third kappa shape index (κ3) is 4.66. The summed E-state index contributed by atoms with van der Waals surface area (Å²) in [5.74, 6) is -0.307. The van der Waals surface area contributed by atoms with Crippen LogP contribution in [0.5, 0.6) is 0 Å². The number of allylic oxidation sites excluding steroid dienone is 2. The number of nitrogens with one attached hydrogen (secondary N) is 3. The number of carbonyl (C=O) groups excluding carboxylic acids is 3. The van der Waals surface area contributed by atoms with Crippen molar-refractivity contribution >= 4 is 29.0 Å². The Hall–Kier alpha value is -3.61. The van der Waals surface area contributed by atoms with Crippen LogP contribution in [0.2, 0.25) is 0 Å². The maximum Gasteiger partial charge on any atom is 0.319 e. The van der Waals surface area contributed by atoms with Gasteiger partial charge in [0.25, 0.3) is 0 Å². The second-order valence-electron chi connectivity index (χ2n) is 8.08. The fourth-order valence-electron chi connectivity index (χ4n) is 3.93. The zero-order chi connectivity index (χ0) is 22.0. The molecular formula is C25H30N4O3. The molecule has 1 aliphatic carbocycles. The molecule has 0 saturated carbocycles. The Labute approximate surface area is 188 Å². The van der Waals surface area contributed by atoms with Gasteiger partial charge in [-0.3, -0.25) is 9.59 Å². The van der Waals surface area contributed by atoms with E-state index in [9.17, 15) is 14.4 Å². The Morgan fingerprint density at radius 2 is 1.44 bits per heavy atom. The van der Waals surface area contributed by atoms with Gasteiger partial charge >= 0.3 is 6.03 Å². The average molecular weight is 435 g/mol. The van der Waals surface area contributed by atoms with Crippen LogP contribution in [0.15, 0.2) is 59.9 Å². The number of carbonyl (C=O) groups is 3. The van der Waals surface area contributed by atoms with Gasteiger partial charge in [0, 0.05) is 41.6 Å². The Balaban J connectivity index is 0.00000289. The topological polar surface area (TPSA) is 90.5 Å². The van der Waals surface area contributed by atoms with Crippen LogP contribution in [0, 0.1) is 0 Å². The number of hydrogen-bond acceptors (Lipinski definition) is 5. The van der Waals surface area contributed by atoms with E-state index in [-0.39, 0.29) is 31.1 Å². The molecule has 1 aliphatic heterocycles. The predicted octanol–water partition coefficient (Wildman–Crippen LogP) is 4.65. The normalized spacial score (nSPS) is 15.4. The first-order chi connectivity index (χ1) is 14.9. The number of urea groups is 1. The summed E-state index contributed by atoms with van der Waals surface area (Å²) in [6, 6.07) is 13.8. The molecule has 2 amide bonds. The summed E-state index contributed by atoms with van der Waals surface area (Å²) in [5, 5.41) is 8.72. The van der Waals surface area contributed by atoms with Crippen molar-refractivity contribution in [1.82, 2.24) is 10.2 Å². The summed E-state index contributed by atoms with van der Waals surface area (Å²) >= 11 is 0. The molecule has 168 valence electrons. The Bertz CT molecular complexity index is 1050. The minimum atomic E-state index is -0.278. The van der Waals surface area contributed by atoms with Crippen molar-refractivity contribution in [3.8, 4) is 0 Å². The van der Waals surface area contributed by atoms with E-state index in [0.717, 1.165) is 25.9 Å². The smallest absolute Gasteiger partial charge is 0.319 e. The Morgan fingerprint density at radius 3 is 2.03 bits per heavy atom. The minimum absolute atomic E-state index is 0. The van der Waals surface area contributed by atoms with Crippen molar-refractivity contribution in [1.29, 1.82) is 0 Å². The third-order valence-electron chi connectivity index (χ3n) is 5.35. The number of Topliss-reactive ketones (excluding diaryl/α,β-unsaturated/α-hetero) is 2. The van der Waals surface area contributed by atoms with E-state index >= 15 is 0 Å². The summed E-state index contributed by atoms with van der Waals surface area (Å²) in [7, 11) is 0. The van der Waals surface area contributed by atoms with Gasteiger partial charge in [-0.15, -0.1) is 0 Å². The molecule has 0 spiro atoms. The predicted molar refractivity (Wildman–Crippen MR) is 127 cm³/mol. The molecule has 7 nitrogen and oxygen atoms in total. The van der Waals surface area contributed by atoms with Crippen molar-refractivity contribution in [3.05, 3.63) is 71.1 Å². The first-order valence-electron chi connectivity index (χ1n) is 10.6. The van der Waals surface area contributed by atoms with Gasteiger partial charge in [0.2, 0.25) is 11.6 Å². The monoisotopic (exact) mass is 434 g/mol. The standard InChI is InChI=1S/C24H26N4O3.CH4/c1-15(2)25-24(31)27-17-11-9-16(10-12-17)26-20-21(28-13-5-6-14-28)23(30)19-8-4-3-7-18(19)22(20)29;/h3-4,7-12,15,26H,5-6,13-14H2,1-2H3,(H2,25,27,31);1H4. The molecule has 4 rings (SSSR count). The van der Waals surface area contributed by atoms with E-state index in [4.69, 9.17) is 0 Å². The summed E-state index contributed by atoms with van der Waals surface area (Å²) in [5.41, 5.74) is 2.93. The summed E-state index contributed by atoms with van der Waals surface area (Å²) < 4.78 is 0. The second kappa shape index (κ2) is 9.68. The fourth-order valence-corrected chi connectivity index (χ4v) is 3.93. The van der Waals surface area contributed by atoms with Gasteiger partial charge in [0.15, 0.2) is 0 Å². The number of hydrogen-bond donors (Lipinski definition) is 3. The lowest BCUT2D eigenvalue weighted by Gasteiger charge is -2.28. The summed E-state index contributed by atoms with van der Waals surface area (Å²) in [6.07, 6.45) is 2.00. The van der Waals surface area contributed by atoms with Crippen LogP contribution in [0.3, 0.4) is 0 Å². The van der Waals surface area contributed by atoms with Crippen molar-refractivity contribution < 1.29 is 14.4 Å². The van der Waals surface area contributed by atoms with E-state index in [2.05, 4.69) is 16.0 Å². The van der Waals surface area contributed by atoms with Gasteiger partial charge in [-0.25, -0.2) is 4.79 Å². The van der Waals surface area contributed by atoms with E-state index in [0.29, 0.717) is 33.9 Å². The van der Waals surface area contributed by atoms with Gasteiger partial charge in [-0.2, -0.15) is 0 Å². The van der Waals surface area contributed by atoms with E-state index in [1.165, 1.54) is 0 Å². The number of benzene rings is 2. The minimum Gasteiger partial charge on any atom is -0.367 e. The number of nitrogens with zero attached hydrogens (tertiary/aromatic N) is 1. The number of amides is 2. The van der Waals surface area contributed by atoms with Gasteiger partial charge in [0.1, 0.15) is 11.4 Å². The molecule has 0 unspecified atom stereocenters. The van der Waals surface area contributed by atoms with Gasteiger partial charge in [-0.05, 0) is 51.0 Å². The van der Waals surface area contributed by atoms with Crippen LogP contribution in [0.4, 0.5) is 16.2 Å². The van der Waals surface area contributed by atoms with E-state index in [1.807, 2.05) is 18.7 Å². The van der Waals surface area contributed by atoms with Gasteiger partial charge < -0.3 is 20.9 Å². The molecule has 32 heavy (non-hydrogen) atoms. The first-order valence-corrected chi connectivity index (χ1v) is 10.6. The highest BCUT2D eigenvalue weighted by atomic mass is 16.2. The Morgan fingerprint density at radius 1 is 0.875 bits per heavy atom. The number of rotatable bonds is 5. The molecule has 0 atom stereocenters. The zero-order valence-corrected chi connectivity index (χ0v) is 17.7. The molecule has 1 saturated heterocycles. The highest BCUT2D eigenvalue weighted by molar-refractivity contribution is 6.27. The molecule has 2 aliphatic rings. The average Bonchev–Trinajstić information content (AvgIpc) is 3.27. The van der Waals surface area contributed by atoms with Crippen LogP contribution >= 0.6 is 0 Å². The van der Waals surface area contributed by atoms with Gasteiger partial charge in [0.05, 0.1) is 0 Å². The quantitative estimate of drug-likeness (QED) is 0.637. The molecule has 1 heterocycles. The number of likely N-dealkylation sites (tertiary alicyclic amines) is 1. The fraction of sp³-hybridized carbons (Fsp3) is 0.320. The maximum absolute atomic E-state index is 13.3. The molecule has 0 bridgehead atoms. The number of ketones is 2. The Kier molecular flexibility index (Phi) is 6.98. The third-order valence-corrected chi connectivity index (χ3v) is 5.35. The largest absolute Gasteiger partial charge is 0.367 e. The highest BCUT2D eigenvalue weighted by Gasteiger charge is 2.36. The zero-order valence-electron chi connectivity index (χ0n) is 17.7. The highest BCUT2D eigenvalue weighted by Crippen LogP contribution is 2.31. The molecule has 0 radical (unpaired) electrons. The molecule has 3 N–H and O–H groups in total. The lowest BCUT2D eigenvalue weighted by Crippen LogP contribution is -2.35. The number of anilines is 2.